The summed E-state index contributed by atoms with van der Waals surface area (Å²) in [6, 6.07) is 17.6. The van der Waals surface area contributed by atoms with Gasteiger partial charge in [-0.15, -0.1) is 0 Å². The minimum absolute atomic E-state index is 0.103. The minimum Gasteiger partial charge on any atom is -0.489 e. The van der Waals surface area contributed by atoms with Crippen LogP contribution in [0.4, 0.5) is 8.78 Å². The number of carbonyl (C=O) groups excluding carboxylic acids is 1. The van der Waals surface area contributed by atoms with E-state index in [9.17, 15) is 22.0 Å². The normalized spacial score (nSPS) is 14.8. The summed E-state index contributed by atoms with van der Waals surface area (Å²) < 4.78 is 59.0. The first kappa shape index (κ1) is 22.9. The maximum absolute atomic E-state index is 13.5. The monoisotopic (exact) mass is 472 g/mol. The predicted molar refractivity (Wildman–Crippen MR) is 118 cm³/mol. The molecule has 4 rings (SSSR count). The van der Waals surface area contributed by atoms with Gasteiger partial charge in [0.15, 0.2) is 0 Å². The lowest BCUT2D eigenvalue weighted by Crippen LogP contribution is -2.50. The van der Waals surface area contributed by atoms with Gasteiger partial charge in [0.1, 0.15) is 24.0 Å². The van der Waals surface area contributed by atoms with E-state index in [1.54, 1.807) is 41.3 Å². The van der Waals surface area contributed by atoms with Crippen LogP contribution < -0.4 is 4.74 Å². The summed E-state index contributed by atoms with van der Waals surface area (Å²) in [6.07, 6.45) is 0. The number of carbonyl (C=O) groups is 1. The molecule has 1 amide bonds. The Bertz CT molecular complexity index is 1240. The lowest BCUT2D eigenvalue weighted by Gasteiger charge is -2.34. The van der Waals surface area contributed by atoms with Crippen molar-refractivity contribution in [2.24, 2.45) is 0 Å². The maximum Gasteiger partial charge on any atom is 0.254 e. The zero-order valence-corrected chi connectivity index (χ0v) is 18.5. The average Bonchev–Trinajstić information content (AvgIpc) is 2.83. The Morgan fingerprint density at radius 2 is 1.55 bits per heavy atom. The molecule has 9 heteroatoms. The quantitative estimate of drug-likeness (QED) is 0.549. The average molecular weight is 473 g/mol. The number of piperazine rings is 1. The van der Waals surface area contributed by atoms with Crippen LogP contribution in [0.15, 0.2) is 77.7 Å². The number of halogens is 2. The third-order valence-electron chi connectivity index (χ3n) is 5.36. The first-order chi connectivity index (χ1) is 15.8. The van der Waals surface area contributed by atoms with Gasteiger partial charge >= 0.3 is 0 Å². The molecule has 33 heavy (non-hydrogen) atoms. The highest BCUT2D eigenvalue weighted by atomic mass is 32.2. The molecule has 0 N–H and O–H groups in total. The van der Waals surface area contributed by atoms with Crippen LogP contribution >= 0.6 is 0 Å². The van der Waals surface area contributed by atoms with E-state index in [2.05, 4.69) is 0 Å². The van der Waals surface area contributed by atoms with E-state index in [-0.39, 0.29) is 49.4 Å². The van der Waals surface area contributed by atoms with Crippen molar-refractivity contribution >= 4 is 15.9 Å². The van der Waals surface area contributed by atoms with Gasteiger partial charge in [0, 0.05) is 31.7 Å². The summed E-state index contributed by atoms with van der Waals surface area (Å²) in [7, 11) is -3.83. The first-order valence-electron chi connectivity index (χ1n) is 10.4. The molecule has 0 radical (unpaired) electrons. The Kier molecular flexibility index (Phi) is 6.71. The summed E-state index contributed by atoms with van der Waals surface area (Å²) >= 11 is 0. The topological polar surface area (TPSA) is 66.9 Å². The Hall–Kier alpha value is -3.30. The van der Waals surface area contributed by atoms with Gasteiger partial charge in [-0.3, -0.25) is 4.79 Å². The van der Waals surface area contributed by atoms with Gasteiger partial charge in [0.05, 0.1) is 4.90 Å². The number of ether oxygens (including phenoxy) is 1. The van der Waals surface area contributed by atoms with Crippen LogP contribution in [0.25, 0.3) is 0 Å². The molecule has 6 nitrogen and oxygen atoms in total. The molecule has 3 aromatic carbocycles. The Morgan fingerprint density at radius 1 is 0.848 bits per heavy atom. The Balaban J connectivity index is 1.37. The number of hydrogen-bond donors (Lipinski definition) is 0. The molecule has 1 aliphatic heterocycles. The highest BCUT2D eigenvalue weighted by Crippen LogP contribution is 2.21. The fourth-order valence-corrected chi connectivity index (χ4v) is 5.01. The van der Waals surface area contributed by atoms with Crippen molar-refractivity contribution in [1.29, 1.82) is 0 Å². The molecular formula is C24H22F2N2O4S. The van der Waals surface area contributed by atoms with Crippen LogP contribution in [0, 0.1) is 11.6 Å². The molecule has 1 saturated heterocycles. The van der Waals surface area contributed by atoms with Crippen molar-refractivity contribution in [3.8, 4) is 5.75 Å². The highest BCUT2D eigenvalue weighted by Gasteiger charge is 2.30. The van der Waals surface area contributed by atoms with Crippen molar-refractivity contribution in [1.82, 2.24) is 9.21 Å². The standard InChI is InChI=1S/C24H22F2N2O4S/c25-20-9-7-18(8-10-20)17-32-22-5-1-3-19(15-22)24(29)27-11-13-28(14-12-27)33(30,31)23-6-2-4-21(26)16-23/h1-10,15-16H,11-14,17H2. The molecule has 3 aromatic rings. The van der Waals surface area contributed by atoms with Gasteiger partial charge < -0.3 is 9.64 Å². The fourth-order valence-electron chi connectivity index (χ4n) is 3.56. The second kappa shape index (κ2) is 9.68. The van der Waals surface area contributed by atoms with Gasteiger partial charge in [0.2, 0.25) is 10.0 Å². The molecule has 0 aromatic heterocycles. The van der Waals surface area contributed by atoms with E-state index in [1.165, 1.54) is 34.6 Å². The predicted octanol–water partition coefficient (Wildman–Crippen LogP) is 3.69. The lowest BCUT2D eigenvalue weighted by atomic mass is 10.1. The molecule has 0 atom stereocenters. The van der Waals surface area contributed by atoms with E-state index in [0.717, 1.165) is 11.6 Å². The number of amides is 1. The first-order valence-corrected chi connectivity index (χ1v) is 11.8. The number of hydrogen-bond acceptors (Lipinski definition) is 4. The van der Waals surface area contributed by atoms with Crippen molar-refractivity contribution in [3.63, 3.8) is 0 Å². The van der Waals surface area contributed by atoms with E-state index >= 15 is 0 Å². The molecule has 1 aliphatic rings. The van der Waals surface area contributed by atoms with Gasteiger partial charge in [0.25, 0.3) is 5.91 Å². The fraction of sp³-hybridized carbons (Fsp3) is 0.208. The van der Waals surface area contributed by atoms with Gasteiger partial charge in [-0.25, -0.2) is 17.2 Å². The van der Waals surface area contributed by atoms with Crippen LogP contribution in [-0.2, 0) is 16.6 Å². The van der Waals surface area contributed by atoms with Crippen LogP contribution in [0.5, 0.6) is 5.75 Å². The van der Waals surface area contributed by atoms with Gasteiger partial charge in [-0.1, -0.05) is 24.3 Å². The second-order valence-corrected chi connectivity index (χ2v) is 9.53. The third-order valence-corrected chi connectivity index (χ3v) is 7.25. The van der Waals surface area contributed by atoms with Crippen LogP contribution in [0.2, 0.25) is 0 Å². The molecule has 1 heterocycles. The smallest absolute Gasteiger partial charge is 0.254 e. The zero-order valence-electron chi connectivity index (χ0n) is 17.7. The molecule has 0 bridgehead atoms. The summed E-state index contributed by atoms with van der Waals surface area (Å²) in [4.78, 5) is 14.4. The summed E-state index contributed by atoms with van der Waals surface area (Å²) in [5.74, 6) is -0.677. The molecule has 0 aliphatic carbocycles. The number of benzene rings is 3. The third kappa shape index (κ3) is 5.37. The van der Waals surface area contributed by atoms with Crippen LogP contribution in [0.1, 0.15) is 15.9 Å². The van der Waals surface area contributed by atoms with E-state index in [1.807, 2.05) is 0 Å². The summed E-state index contributed by atoms with van der Waals surface area (Å²) in [6.45, 7) is 0.896. The van der Waals surface area contributed by atoms with Crippen LogP contribution in [-0.4, -0.2) is 49.7 Å². The molecular weight excluding hydrogens is 450 g/mol. The molecule has 0 unspecified atom stereocenters. The Labute approximate surface area is 191 Å². The van der Waals surface area contributed by atoms with E-state index in [0.29, 0.717) is 11.3 Å². The van der Waals surface area contributed by atoms with Crippen molar-refractivity contribution < 1.29 is 26.7 Å². The van der Waals surface area contributed by atoms with Crippen molar-refractivity contribution in [2.75, 3.05) is 26.2 Å². The summed E-state index contributed by atoms with van der Waals surface area (Å²) in [5.41, 5.74) is 1.22. The van der Waals surface area contributed by atoms with E-state index < -0.39 is 15.8 Å². The molecule has 0 spiro atoms. The molecule has 172 valence electrons. The summed E-state index contributed by atoms with van der Waals surface area (Å²) in [5, 5.41) is 0. The number of nitrogens with zero attached hydrogens (tertiary/aromatic N) is 2. The van der Waals surface area contributed by atoms with Crippen molar-refractivity contribution in [3.05, 3.63) is 95.6 Å². The SMILES string of the molecule is O=C(c1cccc(OCc2ccc(F)cc2)c1)N1CCN(S(=O)(=O)c2cccc(F)c2)CC1. The molecule has 1 fully saturated rings. The second-order valence-electron chi connectivity index (χ2n) is 7.60. The maximum atomic E-state index is 13.5. The van der Waals surface area contributed by atoms with Crippen molar-refractivity contribution in [2.45, 2.75) is 11.5 Å². The van der Waals surface area contributed by atoms with Crippen LogP contribution in [0.3, 0.4) is 0 Å². The zero-order chi connectivity index (χ0) is 23.4. The largest absolute Gasteiger partial charge is 0.489 e. The Morgan fingerprint density at radius 3 is 2.24 bits per heavy atom. The minimum atomic E-state index is -3.83. The number of sulfonamides is 1. The van der Waals surface area contributed by atoms with Gasteiger partial charge in [-0.2, -0.15) is 4.31 Å². The van der Waals surface area contributed by atoms with E-state index in [4.69, 9.17) is 4.74 Å². The van der Waals surface area contributed by atoms with Gasteiger partial charge in [-0.05, 0) is 54.1 Å². The number of rotatable bonds is 6. The highest BCUT2D eigenvalue weighted by molar-refractivity contribution is 7.89. The molecule has 0 saturated carbocycles. The lowest BCUT2D eigenvalue weighted by molar-refractivity contribution is 0.0697.